The molecule has 10 rings (SSSR count). The molecule has 1 spiro atoms. The van der Waals surface area contributed by atoms with Crippen LogP contribution in [0.1, 0.15) is 41.7 Å². The molecule has 2 aliphatic heterocycles. The number of carbonyl (C=O) groups excluding carboxylic acids is 1. The number of carbonyl (C=O) groups is 1. The van der Waals surface area contributed by atoms with Crippen molar-refractivity contribution < 1.29 is 48.5 Å². The van der Waals surface area contributed by atoms with Crippen LogP contribution in [0.2, 0.25) is 0 Å². The van der Waals surface area contributed by atoms with Gasteiger partial charge in [-0.05, 0) is 87.6 Å². The molecule has 5 atom stereocenters. The molecular formula is C51H65ClN7O12P. The number of phosphoric acid groups is 1. The number of phenols is 1. The first-order valence-corrected chi connectivity index (χ1v) is 24.4. The molecule has 6 N–H and O–H groups in total. The lowest BCUT2D eigenvalue weighted by atomic mass is 9.53. The van der Waals surface area contributed by atoms with Crippen molar-refractivity contribution in [1.29, 1.82) is 0 Å². The van der Waals surface area contributed by atoms with Gasteiger partial charge in [0, 0.05) is 63.2 Å². The number of aryl methyl sites for hydroxylation is 2. The minimum atomic E-state index is -4.64. The van der Waals surface area contributed by atoms with Gasteiger partial charge in [0.25, 0.3) is 5.56 Å². The van der Waals surface area contributed by atoms with E-state index in [4.69, 9.17) is 38.6 Å². The first-order chi connectivity index (χ1) is 33.7. The summed E-state index contributed by atoms with van der Waals surface area (Å²) in [7, 11) is 8.16. The molecule has 4 heterocycles. The summed E-state index contributed by atoms with van der Waals surface area (Å²) in [6.45, 7) is 4.14. The number of halogens is 1. The largest absolute Gasteiger partial charge is 0.508 e. The van der Waals surface area contributed by atoms with Gasteiger partial charge < -0.3 is 58.8 Å². The Morgan fingerprint density at radius 1 is 0.917 bits per heavy atom. The van der Waals surface area contributed by atoms with E-state index in [0.29, 0.717) is 28.8 Å². The fourth-order valence-corrected chi connectivity index (χ4v) is 9.60. The van der Waals surface area contributed by atoms with Gasteiger partial charge in [-0.25, -0.2) is 14.3 Å². The van der Waals surface area contributed by atoms with Crippen molar-refractivity contribution >= 4 is 43.0 Å². The summed E-state index contributed by atoms with van der Waals surface area (Å²) in [6, 6.07) is 31.8. The number of aliphatic hydroxyl groups is 1. The van der Waals surface area contributed by atoms with Gasteiger partial charge in [0.1, 0.15) is 24.1 Å². The fourth-order valence-electron chi connectivity index (χ4n) is 9.60. The number of fused-ring (bicyclic) bond motifs is 1. The van der Waals surface area contributed by atoms with Crippen molar-refractivity contribution in [2.24, 2.45) is 27.1 Å². The van der Waals surface area contributed by atoms with E-state index in [9.17, 15) is 19.5 Å². The summed E-state index contributed by atoms with van der Waals surface area (Å²) >= 11 is 0. The van der Waals surface area contributed by atoms with Crippen LogP contribution in [0.5, 0.6) is 17.2 Å². The van der Waals surface area contributed by atoms with Crippen LogP contribution in [-0.2, 0) is 47.1 Å². The van der Waals surface area contributed by atoms with Crippen LogP contribution in [0.3, 0.4) is 0 Å². The molecule has 6 aromatic rings. The average molecular weight is 1030 g/mol. The van der Waals surface area contributed by atoms with Crippen molar-refractivity contribution in [3.63, 3.8) is 0 Å². The number of hydrogen-bond donors (Lipinski definition) is 6. The zero-order valence-electron chi connectivity index (χ0n) is 41.5. The monoisotopic (exact) mass is 1030 g/mol. The Kier molecular flexibility index (Phi) is 19.4. The average Bonchev–Trinajstić information content (AvgIpc) is 3.91. The predicted molar refractivity (Wildman–Crippen MR) is 277 cm³/mol. The van der Waals surface area contributed by atoms with Gasteiger partial charge >= 0.3 is 13.5 Å². The second-order valence-corrected chi connectivity index (χ2v) is 19.0. The third kappa shape index (κ3) is 13.1. The summed E-state index contributed by atoms with van der Waals surface area (Å²) in [5.74, 6) is 2.17. The SMILES string of the molecule is CC(=O)Nc1ccc(O)cc1.CN(C)CCOC(c1ccccc1)c1ccccc1.COc1ccc2c3c1O[C@H]1[C@@H](O)C=C[C@H]4[C@@H](C2)N(C)CC[C@@]341.Cl.Cn1c(=O)c2c(ncn2C)n(C)c1=O.O=P(O)(O)O. The zero-order chi connectivity index (χ0) is 51.8. The lowest BCUT2D eigenvalue weighted by Gasteiger charge is -2.56. The van der Waals surface area contributed by atoms with Crippen LogP contribution in [-0.4, -0.2) is 125 Å². The third-order valence-corrected chi connectivity index (χ3v) is 12.9. The molecule has 2 aliphatic carbocycles. The molecule has 21 heteroatoms. The molecule has 0 radical (unpaired) electrons. The molecule has 0 unspecified atom stereocenters. The number of phenolic OH excluding ortho intramolecular Hbond substituents is 1. The van der Waals surface area contributed by atoms with Crippen LogP contribution < -0.4 is 26.0 Å². The maximum Gasteiger partial charge on any atom is 0.466 e. The van der Waals surface area contributed by atoms with E-state index in [0.717, 1.165) is 48.6 Å². The number of ether oxygens (including phenoxy) is 3. The summed E-state index contributed by atoms with van der Waals surface area (Å²) in [5, 5.41) is 22.0. The van der Waals surface area contributed by atoms with Crippen molar-refractivity contribution in [2.45, 2.75) is 49.5 Å². The number of nitrogens with zero attached hydrogens (tertiary/aromatic N) is 6. The number of hydrogen-bond acceptors (Lipinski definition) is 12. The maximum atomic E-state index is 11.7. The number of amides is 1. The topological polar surface area (TPSA) is 243 Å². The highest BCUT2D eigenvalue weighted by Crippen LogP contribution is 2.62. The number of rotatable bonds is 8. The normalized spacial score (nSPS) is 19.9. The summed E-state index contributed by atoms with van der Waals surface area (Å²) < 4.78 is 30.8. The zero-order valence-corrected chi connectivity index (χ0v) is 43.2. The number of benzene rings is 4. The van der Waals surface area contributed by atoms with Gasteiger partial charge in [0.2, 0.25) is 5.91 Å². The third-order valence-electron chi connectivity index (χ3n) is 12.9. The Morgan fingerprint density at radius 3 is 2.07 bits per heavy atom. The molecule has 1 amide bonds. The molecule has 0 saturated carbocycles. The number of aromatic nitrogens is 4. The lowest BCUT2D eigenvalue weighted by Crippen LogP contribution is -2.64. The highest BCUT2D eigenvalue weighted by Gasteiger charge is 2.64. The minimum absolute atomic E-state index is 0. The molecular weight excluding hydrogens is 969 g/mol. The van der Waals surface area contributed by atoms with E-state index in [1.165, 1.54) is 59.3 Å². The highest BCUT2D eigenvalue weighted by molar-refractivity contribution is 7.45. The van der Waals surface area contributed by atoms with Gasteiger partial charge in [-0.15, -0.1) is 12.4 Å². The van der Waals surface area contributed by atoms with Crippen LogP contribution in [0.4, 0.5) is 5.69 Å². The number of nitrogens with one attached hydrogen (secondary N) is 1. The number of methoxy groups -OCH3 is 1. The lowest BCUT2D eigenvalue weighted by molar-refractivity contribution is -0.114. The van der Waals surface area contributed by atoms with Crippen LogP contribution in [0.25, 0.3) is 11.2 Å². The Morgan fingerprint density at radius 2 is 1.51 bits per heavy atom. The van der Waals surface area contributed by atoms with E-state index in [-0.39, 0.29) is 52.9 Å². The first kappa shape index (κ1) is 56.8. The number of likely N-dealkylation sites (tertiary alicyclic amines) is 1. The van der Waals surface area contributed by atoms with E-state index < -0.39 is 13.9 Å². The number of aromatic hydroxyl groups is 1. The number of piperidine rings is 1. The number of likely N-dealkylation sites (N-methyl/N-ethyl adjacent to an activating group) is 2. The van der Waals surface area contributed by atoms with E-state index in [2.05, 4.69) is 102 Å². The molecule has 1 saturated heterocycles. The Balaban J connectivity index is 0.000000177. The maximum absolute atomic E-state index is 11.7. The standard InChI is InChI=1S/C18H21NO3.C17H21NO.C8H10N4O2.C8H9NO2.ClH.H3O4P/c1-19-8-7-18-11-4-5-13(20)17(18)22-16-14(21-2)6-3-10(15(16)18)9-12(11)19;1-18(2)13-14-19-17(15-9-5-3-6-10-15)16-11-7-4-8-12-16;1-10-4-9-6-5(10)7(13)12(3)8(14)11(6)2;1-6(10)9-7-2-4-8(11)5-3-7;;1-5(2,3)4/h3-6,11-13,17,20H,7-9H2,1-2H3;3-12,17H,13-14H2,1-2H3;4H,1-3H3;2-5,11H,1H3,(H,9,10);1H;(H3,1,2,3,4)/t11-,12+,13-,17-,18-;;;;;/m0...../s1. The summed E-state index contributed by atoms with van der Waals surface area (Å²) in [4.78, 5) is 63.8. The summed E-state index contributed by atoms with van der Waals surface area (Å²) in [5.41, 5.74) is 5.88. The van der Waals surface area contributed by atoms with Crippen molar-refractivity contribution in [2.75, 3.05) is 53.3 Å². The molecule has 1 fully saturated rings. The Bertz CT molecular complexity index is 2920. The Hall–Kier alpha value is -6.12. The van der Waals surface area contributed by atoms with Crippen LogP contribution in [0.15, 0.2) is 125 Å². The van der Waals surface area contributed by atoms with Crippen molar-refractivity contribution in [1.82, 2.24) is 28.5 Å². The molecule has 388 valence electrons. The van der Waals surface area contributed by atoms with Crippen LogP contribution >= 0.6 is 20.2 Å². The van der Waals surface area contributed by atoms with Gasteiger partial charge in [-0.1, -0.05) is 78.9 Å². The van der Waals surface area contributed by atoms with E-state index in [1.54, 1.807) is 37.9 Å². The van der Waals surface area contributed by atoms with Gasteiger partial charge in [-0.3, -0.25) is 18.7 Å². The second kappa shape index (κ2) is 24.5. The Labute approximate surface area is 424 Å². The van der Waals surface area contributed by atoms with Gasteiger partial charge in [0.15, 0.2) is 22.7 Å². The first-order valence-electron chi connectivity index (χ1n) is 22.9. The van der Waals surface area contributed by atoms with Gasteiger partial charge in [-0.2, -0.15) is 0 Å². The second-order valence-electron chi connectivity index (χ2n) is 18.0. The minimum Gasteiger partial charge on any atom is -0.508 e. The predicted octanol–water partition coefficient (Wildman–Crippen LogP) is 4.67. The molecule has 2 aromatic heterocycles. The number of imidazole rings is 1. The molecule has 4 aromatic carbocycles. The van der Waals surface area contributed by atoms with Gasteiger partial charge in [0.05, 0.1) is 20.0 Å². The molecule has 19 nitrogen and oxygen atoms in total. The van der Waals surface area contributed by atoms with Crippen molar-refractivity contribution in [3.8, 4) is 17.2 Å². The smallest absolute Gasteiger partial charge is 0.466 e. The number of aliphatic hydroxyl groups excluding tert-OH is 1. The number of anilines is 1. The molecule has 2 bridgehead atoms. The van der Waals surface area contributed by atoms with E-state index >= 15 is 0 Å². The van der Waals surface area contributed by atoms with Crippen LogP contribution in [0, 0.1) is 5.92 Å². The molecule has 72 heavy (non-hydrogen) atoms. The molecule has 4 aliphatic rings. The quantitative estimate of drug-likeness (QED) is 0.0690. The van der Waals surface area contributed by atoms with Crippen molar-refractivity contribution in [3.05, 3.63) is 159 Å². The highest BCUT2D eigenvalue weighted by atomic mass is 35.5. The fraction of sp³-hybridized carbons (Fsp3) is 0.373. The van der Waals surface area contributed by atoms with E-state index in [1.807, 2.05) is 24.3 Å². The summed E-state index contributed by atoms with van der Waals surface area (Å²) in [6.07, 6.45) is 7.07.